The smallest absolute Gasteiger partial charge is 0.173 e. The van der Waals surface area contributed by atoms with Crippen LogP contribution >= 0.6 is 0 Å². The molecule has 0 atom stereocenters. The Bertz CT molecular complexity index is 1020. The van der Waals surface area contributed by atoms with Crippen molar-refractivity contribution < 1.29 is 4.74 Å². The summed E-state index contributed by atoms with van der Waals surface area (Å²) < 4.78 is 7.78. The van der Waals surface area contributed by atoms with Crippen LogP contribution in [0.25, 0.3) is 22.5 Å². The van der Waals surface area contributed by atoms with E-state index in [4.69, 9.17) is 10.5 Å². The van der Waals surface area contributed by atoms with Crippen molar-refractivity contribution in [3.63, 3.8) is 0 Å². The van der Waals surface area contributed by atoms with Gasteiger partial charge in [0, 0.05) is 18.2 Å². The SMILES string of the molecule is Cn1nc(-c2ccccc2)cc1COc1cccc(-c2n[nH]nc2N)c1. The first-order chi connectivity index (χ1) is 12.7. The minimum atomic E-state index is 0.362. The Labute approximate surface area is 150 Å². The lowest BCUT2D eigenvalue weighted by Gasteiger charge is -2.07. The van der Waals surface area contributed by atoms with Crippen molar-refractivity contribution in [2.45, 2.75) is 6.61 Å². The second kappa shape index (κ2) is 6.72. The van der Waals surface area contributed by atoms with Crippen LogP contribution in [0, 0.1) is 0 Å². The first-order valence-electron chi connectivity index (χ1n) is 8.18. The number of hydrogen-bond acceptors (Lipinski definition) is 5. The predicted octanol–water partition coefficient (Wildman–Crippen LogP) is 3.03. The minimum absolute atomic E-state index is 0.362. The molecule has 0 aliphatic rings. The van der Waals surface area contributed by atoms with Gasteiger partial charge in [0.15, 0.2) is 5.82 Å². The molecule has 26 heavy (non-hydrogen) atoms. The fourth-order valence-electron chi connectivity index (χ4n) is 2.73. The van der Waals surface area contributed by atoms with E-state index < -0.39 is 0 Å². The monoisotopic (exact) mass is 346 g/mol. The number of nitrogen functional groups attached to an aromatic ring is 1. The van der Waals surface area contributed by atoms with Crippen molar-refractivity contribution in [3.8, 4) is 28.3 Å². The highest BCUT2D eigenvalue weighted by Crippen LogP contribution is 2.26. The summed E-state index contributed by atoms with van der Waals surface area (Å²) in [6.45, 7) is 0.411. The van der Waals surface area contributed by atoms with E-state index in [2.05, 4.69) is 20.5 Å². The Balaban J connectivity index is 1.51. The summed E-state index contributed by atoms with van der Waals surface area (Å²) >= 11 is 0. The predicted molar refractivity (Wildman–Crippen MR) is 99.2 cm³/mol. The van der Waals surface area contributed by atoms with Crippen LogP contribution in [0.1, 0.15) is 5.69 Å². The third kappa shape index (κ3) is 3.14. The Kier molecular flexibility index (Phi) is 4.10. The van der Waals surface area contributed by atoms with E-state index in [9.17, 15) is 0 Å². The van der Waals surface area contributed by atoms with Crippen LogP contribution < -0.4 is 10.5 Å². The summed E-state index contributed by atoms with van der Waals surface area (Å²) in [6.07, 6.45) is 0. The molecule has 7 nitrogen and oxygen atoms in total. The topological polar surface area (TPSA) is 94.6 Å². The first-order valence-corrected chi connectivity index (χ1v) is 8.18. The van der Waals surface area contributed by atoms with Gasteiger partial charge in [-0.3, -0.25) is 4.68 Å². The molecule has 0 fully saturated rings. The number of nitrogens with one attached hydrogen (secondary N) is 1. The number of aryl methyl sites for hydroxylation is 1. The standard InChI is InChI=1S/C19H18N6O/c1-25-15(11-17(23-25)13-6-3-2-4-7-13)12-26-16-9-5-8-14(10-16)18-19(20)22-24-21-18/h2-11H,12H2,1H3,(H3,20,21,22,24). The Hall–Kier alpha value is -3.61. The van der Waals surface area contributed by atoms with Crippen molar-refractivity contribution in [1.82, 2.24) is 25.2 Å². The molecular weight excluding hydrogens is 328 g/mol. The van der Waals surface area contributed by atoms with E-state index in [0.717, 1.165) is 28.3 Å². The second-order valence-electron chi connectivity index (χ2n) is 5.88. The maximum absolute atomic E-state index is 5.94. The van der Waals surface area contributed by atoms with E-state index >= 15 is 0 Å². The molecule has 7 heteroatoms. The number of nitrogens with two attached hydrogens (primary N) is 1. The second-order valence-corrected chi connectivity index (χ2v) is 5.88. The minimum Gasteiger partial charge on any atom is -0.487 e. The Morgan fingerprint density at radius 3 is 2.58 bits per heavy atom. The number of H-pyrrole nitrogens is 1. The van der Waals surface area contributed by atoms with E-state index in [0.29, 0.717) is 18.1 Å². The first kappa shape index (κ1) is 15.9. The molecule has 0 radical (unpaired) electrons. The molecule has 0 spiro atoms. The van der Waals surface area contributed by atoms with Crippen LogP contribution in [0.15, 0.2) is 60.7 Å². The zero-order valence-electron chi connectivity index (χ0n) is 14.3. The number of anilines is 1. The molecule has 130 valence electrons. The lowest BCUT2D eigenvalue weighted by atomic mass is 10.1. The van der Waals surface area contributed by atoms with Crippen LogP contribution in [0.3, 0.4) is 0 Å². The molecule has 2 aromatic heterocycles. The molecule has 2 heterocycles. The molecule has 0 saturated carbocycles. The third-order valence-electron chi connectivity index (χ3n) is 4.12. The molecule has 0 unspecified atom stereocenters. The summed E-state index contributed by atoms with van der Waals surface area (Å²) in [6, 6.07) is 19.7. The number of ether oxygens (including phenoxy) is 1. The van der Waals surface area contributed by atoms with Gasteiger partial charge in [-0.1, -0.05) is 42.5 Å². The number of hydrogen-bond donors (Lipinski definition) is 2. The molecule has 0 aliphatic carbocycles. The van der Waals surface area contributed by atoms with Gasteiger partial charge < -0.3 is 10.5 Å². The van der Waals surface area contributed by atoms with Crippen molar-refractivity contribution in [1.29, 1.82) is 0 Å². The number of aromatic amines is 1. The summed E-state index contributed by atoms with van der Waals surface area (Å²) in [4.78, 5) is 0. The van der Waals surface area contributed by atoms with Crippen LogP contribution in [0.4, 0.5) is 5.82 Å². The van der Waals surface area contributed by atoms with Crippen LogP contribution in [0.2, 0.25) is 0 Å². The molecule has 3 N–H and O–H groups in total. The Morgan fingerprint density at radius 1 is 1.00 bits per heavy atom. The maximum atomic E-state index is 5.94. The van der Waals surface area contributed by atoms with E-state index in [1.807, 2.05) is 72.4 Å². The lowest BCUT2D eigenvalue weighted by molar-refractivity contribution is 0.295. The van der Waals surface area contributed by atoms with Gasteiger partial charge in [-0.15, -0.1) is 5.10 Å². The molecule has 2 aromatic carbocycles. The summed E-state index contributed by atoms with van der Waals surface area (Å²) in [5, 5.41) is 15.0. The van der Waals surface area contributed by atoms with Gasteiger partial charge in [0.2, 0.25) is 0 Å². The van der Waals surface area contributed by atoms with Gasteiger partial charge in [0.05, 0.1) is 11.4 Å². The molecule has 0 aliphatic heterocycles. The lowest BCUT2D eigenvalue weighted by Crippen LogP contribution is -2.03. The highest BCUT2D eigenvalue weighted by atomic mass is 16.5. The average molecular weight is 346 g/mol. The van der Waals surface area contributed by atoms with E-state index in [-0.39, 0.29) is 0 Å². The Morgan fingerprint density at radius 2 is 1.81 bits per heavy atom. The van der Waals surface area contributed by atoms with Crippen molar-refractivity contribution in [3.05, 3.63) is 66.4 Å². The van der Waals surface area contributed by atoms with Gasteiger partial charge in [0.1, 0.15) is 18.1 Å². The van der Waals surface area contributed by atoms with Crippen LogP contribution in [0.5, 0.6) is 5.75 Å². The number of rotatable bonds is 5. The van der Waals surface area contributed by atoms with Crippen molar-refractivity contribution in [2.24, 2.45) is 7.05 Å². The normalized spacial score (nSPS) is 10.8. The molecule has 0 saturated heterocycles. The average Bonchev–Trinajstić information content (AvgIpc) is 3.26. The van der Waals surface area contributed by atoms with Gasteiger partial charge >= 0.3 is 0 Å². The van der Waals surface area contributed by atoms with Gasteiger partial charge in [0.25, 0.3) is 0 Å². The van der Waals surface area contributed by atoms with Crippen LogP contribution in [-0.2, 0) is 13.7 Å². The molecule has 0 bridgehead atoms. The highest BCUT2D eigenvalue weighted by Gasteiger charge is 2.10. The zero-order valence-corrected chi connectivity index (χ0v) is 14.3. The summed E-state index contributed by atoms with van der Waals surface area (Å²) in [5.41, 5.74) is 10.3. The summed E-state index contributed by atoms with van der Waals surface area (Å²) in [7, 11) is 1.91. The fourth-order valence-corrected chi connectivity index (χ4v) is 2.73. The molecule has 4 aromatic rings. The van der Waals surface area contributed by atoms with Crippen LogP contribution in [-0.4, -0.2) is 25.2 Å². The molecular formula is C19H18N6O. The highest BCUT2D eigenvalue weighted by molar-refractivity contribution is 5.70. The van der Waals surface area contributed by atoms with Gasteiger partial charge in [-0.2, -0.15) is 15.4 Å². The van der Waals surface area contributed by atoms with E-state index in [1.165, 1.54) is 0 Å². The quantitative estimate of drug-likeness (QED) is 0.579. The number of benzene rings is 2. The van der Waals surface area contributed by atoms with E-state index in [1.54, 1.807) is 0 Å². The summed E-state index contributed by atoms with van der Waals surface area (Å²) in [5.74, 6) is 1.09. The number of aromatic nitrogens is 5. The molecule has 4 rings (SSSR count). The fraction of sp³-hybridized carbons (Fsp3) is 0.105. The largest absolute Gasteiger partial charge is 0.487 e. The molecule has 0 amide bonds. The van der Waals surface area contributed by atoms with Gasteiger partial charge in [-0.05, 0) is 18.2 Å². The zero-order chi connectivity index (χ0) is 17.9. The van der Waals surface area contributed by atoms with Gasteiger partial charge in [-0.25, -0.2) is 0 Å². The number of nitrogens with zero attached hydrogens (tertiary/aromatic N) is 4. The third-order valence-corrected chi connectivity index (χ3v) is 4.12. The van der Waals surface area contributed by atoms with Crippen molar-refractivity contribution in [2.75, 3.05) is 5.73 Å². The van der Waals surface area contributed by atoms with Crippen molar-refractivity contribution >= 4 is 5.82 Å². The maximum Gasteiger partial charge on any atom is 0.173 e.